The average molecular weight is 267 g/mol. The van der Waals surface area contributed by atoms with Crippen molar-refractivity contribution in [2.75, 3.05) is 19.0 Å². The first-order valence-electron chi connectivity index (χ1n) is 5.31. The van der Waals surface area contributed by atoms with Crippen molar-refractivity contribution in [3.8, 4) is 5.75 Å². The molecule has 0 radical (unpaired) electrons. The SMILES string of the molecule is COc1cc(NC(=O)CN)cc2ccccc12.Cl. The molecule has 4 nitrogen and oxygen atoms in total. The Hall–Kier alpha value is -1.78. The van der Waals surface area contributed by atoms with Crippen molar-refractivity contribution < 1.29 is 9.53 Å². The minimum absolute atomic E-state index is 0. The van der Waals surface area contributed by atoms with Crippen molar-refractivity contribution in [1.29, 1.82) is 0 Å². The molecule has 0 aliphatic rings. The van der Waals surface area contributed by atoms with Crippen LogP contribution in [0.25, 0.3) is 10.8 Å². The maximum atomic E-state index is 11.2. The number of nitrogens with two attached hydrogens (primary N) is 1. The van der Waals surface area contributed by atoms with Gasteiger partial charge in [-0.25, -0.2) is 0 Å². The summed E-state index contributed by atoms with van der Waals surface area (Å²) in [6.45, 7) is -0.0326. The highest BCUT2D eigenvalue weighted by atomic mass is 35.5. The Balaban J connectivity index is 0.00000162. The summed E-state index contributed by atoms with van der Waals surface area (Å²) in [6, 6.07) is 11.5. The largest absolute Gasteiger partial charge is 0.496 e. The van der Waals surface area contributed by atoms with Crippen molar-refractivity contribution >= 4 is 34.8 Å². The quantitative estimate of drug-likeness (QED) is 0.895. The van der Waals surface area contributed by atoms with Crippen LogP contribution in [0.5, 0.6) is 5.75 Å². The Morgan fingerprint density at radius 1 is 1.33 bits per heavy atom. The highest BCUT2D eigenvalue weighted by molar-refractivity contribution is 5.97. The zero-order valence-electron chi connectivity index (χ0n) is 9.97. The molecule has 0 aliphatic carbocycles. The average Bonchev–Trinajstić information content (AvgIpc) is 2.37. The fourth-order valence-electron chi connectivity index (χ4n) is 1.73. The van der Waals surface area contributed by atoms with Crippen LogP contribution < -0.4 is 15.8 Å². The number of halogens is 1. The van der Waals surface area contributed by atoms with E-state index in [9.17, 15) is 4.79 Å². The minimum atomic E-state index is -0.220. The summed E-state index contributed by atoms with van der Waals surface area (Å²) in [7, 11) is 1.61. The molecular formula is C13H15ClN2O2. The molecule has 0 saturated carbocycles. The number of rotatable bonds is 3. The lowest BCUT2D eigenvalue weighted by Crippen LogP contribution is -2.21. The van der Waals surface area contributed by atoms with E-state index in [1.54, 1.807) is 13.2 Å². The number of carbonyl (C=O) groups excluding carboxylic acids is 1. The zero-order valence-corrected chi connectivity index (χ0v) is 10.8. The van der Waals surface area contributed by atoms with E-state index in [1.807, 2.05) is 30.3 Å². The van der Waals surface area contributed by atoms with Crippen LogP contribution in [-0.4, -0.2) is 19.6 Å². The van der Waals surface area contributed by atoms with Gasteiger partial charge in [-0.1, -0.05) is 24.3 Å². The number of hydrogen-bond acceptors (Lipinski definition) is 3. The Bertz CT molecular complexity index is 558. The van der Waals surface area contributed by atoms with Gasteiger partial charge in [-0.3, -0.25) is 4.79 Å². The van der Waals surface area contributed by atoms with E-state index in [0.29, 0.717) is 5.69 Å². The van der Waals surface area contributed by atoms with Gasteiger partial charge in [0.2, 0.25) is 5.91 Å². The number of nitrogens with one attached hydrogen (secondary N) is 1. The molecule has 2 rings (SSSR count). The van der Waals surface area contributed by atoms with Crippen LogP contribution in [0, 0.1) is 0 Å². The predicted molar refractivity (Wildman–Crippen MR) is 75.4 cm³/mol. The van der Waals surface area contributed by atoms with E-state index in [1.165, 1.54) is 0 Å². The topological polar surface area (TPSA) is 64.3 Å². The third-order valence-corrected chi connectivity index (χ3v) is 2.51. The lowest BCUT2D eigenvalue weighted by molar-refractivity contribution is -0.114. The Morgan fingerprint density at radius 3 is 2.72 bits per heavy atom. The van der Waals surface area contributed by atoms with E-state index in [-0.39, 0.29) is 24.9 Å². The Morgan fingerprint density at radius 2 is 2.06 bits per heavy atom. The number of anilines is 1. The standard InChI is InChI=1S/C13H14N2O2.ClH/c1-17-12-7-10(15-13(16)8-14)6-9-4-2-3-5-11(9)12;/h2-7H,8,14H2,1H3,(H,15,16);1H. The summed E-state index contributed by atoms with van der Waals surface area (Å²) in [5.74, 6) is 0.512. The van der Waals surface area contributed by atoms with Crippen LogP contribution in [0.15, 0.2) is 36.4 Å². The second-order valence-corrected chi connectivity index (χ2v) is 3.65. The van der Waals surface area contributed by atoms with Gasteiger partial charge < -0.3 is 15.8 Å². The molecular weight excluding hydrogens is 252 g/mol. The third kappa shape index (κ3) is 2.91. The summed E-state index contributed by atoms with van der Waals surface area (Å²) in [6.07, 6.45) is 0. The van der Waals surface area contributed by atoms with Crippen molar-refractivity contribution in [2.45, 2.75) is 0 Å². The molecule has 0 unspecified atom stereocenters. The minimum Gasteiger partial charge on any atom is -0.496 e. The van der Waals surface area contributed by atoms with Crippen LogP contribution >= 0.6 is 12.4 Å². The molecule has 18 heavy (non-hydrogen) atoms. The fourth-order valence-corrected chi connectivity index (χ4v) is 1.73. The normalized spacial score (nSPS) is 9.67. The predicted octanol–water partition coefficient (Wildman–Crippen LogP) is 2.17. The Kier molecular flexibility index (Phi) is 4.95. The van der Waals surface area contributed by atoms with Gasteiger partial charge in [0.1, 0.15) is 5.75 Å². The molecule has 5 heteroatoms. The Labute approximate surface area is 112 Å². The molecule has 2 aromatic carbocycles. The second kappa shape index (κ2) is 6.23. The van der Waals surface area contributed by atoms with Crippen LogP contribution in [0.3, 0.4) is 0 Å². The molecule has 0 atom stereocenters. The third-order valence-electron chi connectivity index (χ3n) is 2.51. The lowest BCUT2D eigenvalue weighted by atomic mass is 10.1. The lowest BCUT2D eigenvalue weighted by Gasteiger charge is -2.09. The number of amides is 1. The molecule has 0 spiro atoms. The summed E-state index contributed by atoms with van der Waals surface area (Å²) < 4.78 is 5.30. The summed E-state index contributed by atoms with van der Waals surface area (Å²) in [5, 5.41) is 4.74. The maximum absolute atomic E-state index is 11.2. The molecule has 0 aliphatic heterocycles. The number of methoxy groups -OCH3 is 1. The molecule has 1 amide bonds. The molecule has 2 aromatic rings. The highest BCUT2D eigenvalue weighted by Crippen LogP contribution is 2.29. The fraction of sp³-hybridized carbons (Fsp3) is 0.154. The summed E-state index contributed by atoms with van der Waals surface area (Å²) in [4.78, 5) is 11.2. The number of ether oxygens (including phenoxy) is 1. The highest BCUT2D eigenvalue weighted by Gasteiger charge is 2.05. The molecule has 0 fully saturated rings. The number of benzene rings is 2. The number of fused-ring (bicyclic) bond motifs is 1. The summed E-state index contributed by atoms with van der Waals surface area (Å²) >= 11 is 0. The van der Waals surface area contributed by atoms with E-state index in [2.05, 4.69) is 5.32 Å². The van der Waals surface area contributed by atoms with Gasteiger partial charge in [-0.05, 0) is 11.5 Å². The second-order valence-electron chi connectivity index (χ2n) is 3.65. The molecule has 3 N–H and O–H groups in total. The molecule has 96 valence electrons. The van der Waals surface area contributed by atoms with Crippen LogP contribution in [0.1, 0.15) is 0 Å². The number of hydrogen-bond donors (Lipinski definition) is 2. The van der Waals surface area contributed by atoms with Gasteiger partial charge in [-0.15, -0.1) is 12.4 Å². The van der Waals surface area contributed by atoms with Crippen LogP contribution in [0.2, 0.25) is 0 Å². The monoisotopic (exact) mass is 266 g/mol. The molecule has 0 aromatic heterocycles. The van der Waals surface area contributed by atoms with Gasteiger partial charge >= 0.3 is 0 Å². The zero-order chi connectivity index (χ0) is 12.3. The van der Waals surface area contributed by atoms with Gasteiger partial charge in [-0.2, -0.15) is 0 Å². The summed E-state index contributed by atoms with van der Waals surface area (Å²) in [5.41, 5.74) is 5.95. The van der Waals surface area contributed by atoms with E-state index in [4.69, 9.17) is 10.5 Å². The van der Waals surface area contributed by atoms with Gasteiger partial charge in [0.15, 0.2) is 0 Å². The first-order valence-corrected chi connectivity index (χ1v) is 5.31. The van der Waals surface area contributed by atoms with E-state index < -0.39 is 0 Å². The smallest absolute Gasteiger partial charge is 0.238 e. The van der Waals surface area contributed by atoms with Crippen LogP contribution in [-0.2, 0) is 4.79 Å². The van der Waals surface area contributed by atoms with E-state index in [0.717, 1.165) is 16.5 Å². The first kappa shape index (κ1) is 14.3. The van der Waals surface area contributed by atoms with Crippen molar-refractivity contribution in [2.24, 2.45) is 5.73 Å². The van der Waals surface area contributed by atoms with Crippen molar-refractivity contribution in [1.82, 2.24) is 0 Å². The van der Waals surface area contributed by atoms with E-state index >= 15 is 0 Å². The van der Waals surface area contributed by atoms with Crippen molar-refractivity contribution in [3.05, 3.63) is 36.4 Å². The molecule has 0 saturated heterocycles. The first-order chi connectivity index (χ1) is 8.24. The molecule has 0 heterocycles. The number of carbonyl (C=O) groups is 1. The van der Waals surface area contributed by atoms with Crippen LogP contribution in [0.4, 0.5) is 5.69 Å². The van der Waals surface area contributed by atoms with Gasteiger partial charge in [0.25, 0.3) is 0 Å². The van der Waals surface area contributed by atoms with Gasteiger partial charge in [0, 0.05) is 17.1 Å². The molecule has 0 bridgehead atoms. The maximum Gasteiger partial charge on any atom is 0.238 e. The van der Waals surface area contributed by atoms with Gasteiger partial charge in [0.05, 0.1) is 13.7 Å². The van der Waals surface area contributed by atoms with Crippen molar-refractivity contribution in [3.63, 3.8) is 0 Å².